The highest BCUT2D eigenvalue weighted by Crippen LogP contribution is 2.46. The van der Waals surface area contributed by atoms with E-state index in [1.807, 2.05) is 31.2 Å². The van der Waals surface area contributed by atoms with Crippen molar-refractivity contribution < 1.29 is 14.7 Å². The highest BCUT2D eigenvalue weighted by molar-refractivity contribution is 5.91. The molecule has 1 saturated heterocycles. The van der Waals surface area contributed by atoms with Crippen LogP contribution in [0.2, 0.25) is 0 Å². The minimum atomic E-state index is -1.59. The highest BCUT2D eigenvalue weighted by atomic mass is 16.3. The molecule has 2 amide bonds. The van der Waals surface area contributed by atoms with E-state index in [2.05, 4.69) is 0 Å². The van der Waals surface area contributed by atoms with Gasteiger partial charge in [0.1, 0.15) is 0 Å². The number of carbonyl (C=O) groups is 2. The number of primary amides is 1. The van der Waals surface area contributed by atoms with Crippen molar-refractivity contribution in [3.63, 3.8) is 0 Å². The van der Waals surface area contributed by atoms with Crippen molar-refractivity contribution in [2.75, 3.05) is 13.1 Å². The molecule has 1 aliphatic carbocycles. The van der Waals surface area contributed by atoms with Gasteiger partial charge in [0, 0.05) is 6.54 Å². The van der Waals surface area contributed by atoms with Crippen LogP contribution in [0.4, 0.5) is 0 Å². The van der Waals surface area contributed by atoms with Crippen molar-refractivity contribution in [1.82, 2.24) is 4.90 Å². The Hall–Kier alpha value is -1.88. The Morgan fingerprint density at radius 3 is 2.43 bits per heavy atom. The lowest BCUT2D eigenvalue weighted by atomic mass is 9.62. The van der Waals surface area contributed by atoms with Crippen LogP contribution in [0, 0.1) is 6.92 Å². The molecule has 1 aromatic carbocycles. The predicted octanol–water partition coefficient (Wildman–Crippen LogP) is 1.26. The Morgan fingerprint density at radius 1 is 1.17 bits per heavy atom. The number of hydrogen-bond acceptors (Lipinski definition) is 3. The summed E-state index contributed by atoms with van der Waals surface area (Å²) in [5, 5.41) is 10.4. The molecule has 1 atom stereocenters. The topological polar surface area (TPSA) is 83.6 Å². The Morgan fingerprint density at radius 2 is 1.87 bits per heavy atom. The number of nitrogens with two attached hydrogens (primary N) is 1. The molecule has 0 radical (unpaired) electrons. The summed E-state index contributed by atoms with van der Waals surface area (Å²) in [5.41, 5.74) is 5.42. The first-order valence-corrected chi connectivity index (χ1v) is 8.27. The van der Waals surface area contributed by atoms with Crippen LogP contribution in [0.3, 0.4) is 0 Å². The number of nitrogens with zero attached hydrogens (tertiary/aromatic N) is 1. The van der Waals surface area contributed by atoms with Crippen LogP contribution in [0.25, 0.3) is 0 Å². The van der Waals surface area contributed by atoms with Gasteiger partial charge in [-0.25, -0.2) is 0 Å². The fourth-order valence-corrected chi connectivity index (χ4v) is 3.95. The molecule has 1 aliphatic heterocycles. The Balaban J connectivity index is 1.89. The highest BCUT2D eigenvalue weighted by Gasteiger charge is 2.50. The van der Waals surface area contributed by atoms with Gasteiger partial charge in [-0.05, 0) is 43.7 Å². The van der Waals surface area contributed by atoms with Crippen LogP contribution in [0.5, 0.6) is 0 Å². The van der Waals surface area contributed by atoms with E-state index in [1.165, 1.54) is 0 Å². The fourth-order valence-electron chi connectivity index (χ4n) is 3.95. The molecular weight excluding hydrogens is 292 g/mol. The second-order valence-electron chi connectivity index (χ2n) is 6.98. The summed E-state index contributed by atoms with van der Waals surface area (Å²) in [6, 6.07) is 7.99. The molecule has 0 aromatic heterocycles. The summed E-state index contributed by atoms with van der Waals surface area (Å²) in [6.07, 6.45) is 3.58. The third-order valence-corrected chi connectivity index (χ3v) is 5.49. The lowest BCUT2D eigenvalue weighted by Gasteiger charge is -2.47. The normalized spacial score (nSPS) is 26.4. The van der Waals surface area contributed by atoms with E-state index in [0.717, 1.165) is 30.4 Å². The minimum absolute atomic E-state index is 0.00873. The Kier molecular flexibility index (Phi) is 3.92. The van der Waals surface area contributed by atoms with E-state index < -0.39 is 16.9 Å². The molecule has 1 saturated carbocycles. The van der Waals surface area contributed by atoms with Crippen LogP contribution in [0.15, 0.2) is 24.3 Å². The fraction of sp³-hybridized carbons (Fsp3) is 0.556. The monoisotopic (exact) mass is 316 g/mol. The van der Waals surface area contributed by atoms with Crippen LogP contribution < -0.4 is 5.73 Å². The molecule has 23 heavy (non-hydrogen) atoms. The summed E-state index contributed by atoms with van der Waals surface area (Å²) in [5.74, 6) is -0.717. The van der Waals surface area contributed by atoms with Gasteiger partial charge in [-0.15, -0.1) is 0 Å². The molecule has 1 aromatic rings. The number of aryl methyl sites for hydroxylation is 1. The number of rotatable bonds is 3. The molecule has 0 bridgehead atoms. The van der Waals surface area contributed by atoms with Crippen molar-refractivity contribution in [2.45, 2.75) is 50.0 Å². The quantitative estimate of drug-likeness (QED) is 0.880. The lowest BCUT2D eigenvalue weighted by Crippen LogP contribution is -2.61. The first-order valence-electron chi connectivity index (χ1n) is 8.27. The maximum absolute atomic E-state index is 13.2. The van der Waals surface area contributed by atoms with Gasteiger partial charge in [0.2, 0.25) is 5.91 Å². The van der Waals surface area contributed by atoms with Gasteiger partial charge < -0.3 is 15.7 Å². The molecule has 5 nitrogen and oxygen atoms in total. The molecule has 0 spiro atoms. The zero-order valence-electron chi connectivity index (χ0n) is 13.5. The molecule has 124 valence electrons. The molecule has 3 N–H and O–H groups in total. The van der Waals surface area contributed by atoms with Crippen LogP contribution >= 0.6 is 0 Å². The van der Waals surface area contributed by atoms with E-state index in [9.17, 15) is 14.7 Å². The van der Waals surface area contributed by atoms with E-state index >= 15 is 0 Å². The Bertz CT molecular complexity index is 639. The number of aliphatic hydroxyl groups is 1. The van der Waals surface area contributed by atoms with E-state index in [4.69, 9.17) is 5.73 Å². The third-order valence-electron chi connectivity index (χ3n) is 5.49. The van der Waals surface area contributed by atoms with Gasteiger partial charge in [-0.1, -0.05) is 30.7 Å². The van der Waals surface area contributed by atoms with Crippen molar-refractivity contribution in [3.8, 4) is 0 Å². The largest absolute Gasteiger partial charge is 0.378 e. The zero-order chi connectivity index (χ0) is 16.7. The smallest absolute Gasteiger partial charge is 0.251 e. The average Bonchev–Trinajstić information content (AvgIpc) is 2.48. The van der Waals surface area contributed by atoms with Gasteiger partial charge >= 0.3 is 0 Å². The van der Waals surface area contributed by atoms with Crippen molar-refractivity contribution in [3.05, 3.63) is 35.4 Å². The van der Waals surface area contributed by atoms with E-state index in [-0.39, 0.29) is 12.5 Å². The molecule has 5 heteroatoms. The maximum atomic E-state index is 13.2. The Labute approximate surface area is 136 Å². The zero-order valence-corrected chi connectivity index (χ0v) is 13.5. The number of hydrogen-bond donors (Lipinski definition) is 2. The lowest BCUT2D eigenvalue weighted by molar-refractivity contribution is -0.154. The van der Waals surface area contributed by atoms with Gasteiger partial charge in [0.15, 0.2) is 5.60 Å². The molecule has 3 rings (SSSR count). The number of likely N-dealkylation sites (tertiary alicyclic amines) is 1. The van der Waals surface area contributed by atoms with Crippen LogP contribution in [0.1, 0.15) is 43.2 Å². The summed E-state index contributed by atoms with van der Waals surface area (Å²) < 4.78 is 0. The average molecular weight is 316 g/mol. The summed E-state index contributed by atoms with van der Waals surface area (Å²) >= 11 is 0. The van der Waals surface area contributed by atoms with Gasteiger partial charge in [0.05, 0.1) is 12.0 Å². The first kappa shape index (κ1) is 16.0. The summed E-state index contributed by atoms with van der Waals surface area (Å²) in [7, 11) is 0. The van der Waals surface area contributed by atoms with Gasteiger partial charge in [-0.3, -0.25) is 9.59 Å². The standard InChI is InChI=1S/C18H24N2O3/c1-13-6-2-3-7-14(13)17(8-4-9-17)16(22)20-11-5-10-18(23,12-20)15(19)21/h2-3,6-7,23H,4-5,8-12H2,1H3,(H2,19,21)/t18-/m0/s1. The molecule has 2 aliphatic rings. The van der Waals surface area contributed by atoms with Gasteiger partial charge in [0.25, 0.3) is 5.91 Å². The first-order chi connectivity index (χ1) is 10.9. The predicted molar refractivity (Wildman–Crippen MR) is 86.7 cm³/mol. The van der Waals surface area contributed by atoms with Crippen LogP contribution in [-0.2, 0) is 15.0 Å². The van der Waals surface area contributed by atoms with Crippen molar-refractivity contribution in [1.29, 1.82) is 0 Å². The van der Waals surface area contributed by atoms with Crippen LogP contribution in [-0.4, -0.2) is 40.5 Å². The second-order valence-corrected chi connectivity index (χ2v) is 6.98. The second kappa shape index (κ2) is 5.64. The summed E-state index contributed by atoms with van der Waals surface area (Å²) in [4.78, 5) is 26.4. The molecular formula is C18H24N2O3. The number of amides is 2. The maximum Gasteiger partial charge on any atom is 0.251 e. The third kappa shape index (κ3) is 2.53. The SMILES string of the molecule is Cc1ccccc1C1(C(=O)N2CCC[C@@](O)(C(N)=O)C2)CCC1. The van der Waals surface area contributed by atoms with Crippen molar-refractivity contribution >= 4 is 11.8 Å². The number of piperidine rings is 1. The minimum Gasteiger partial charge on any atom is -0.378 e. The summed E-state index contributed by atoms with van der Waals surface area (Å²) in [6.45, 7) is 2.61. The molecule has 0 unspecified atom stereocenters. The number of β-amino-alcohol motifs (C(OH)–C–C–N with tert-alkyl or cyclic N) is 1. The molecule has 1 heterocycles. The van der Waals surface area contributed by atoms with E-state index in [0.29, 0.717) is 19.4 Å². The van der Waals surface area contributed by atoms with Gasteiger partial charge in [-0.2, -0.15) is 0 Å². The van der Waals surface area contributed by atoms with Crippen molar-refractivity contribution in [2.24, 2.45) is 5.73 Å². The van der Waals surface area contributed by atoms with E-state index in [1.54, 1.807) is 4.90 Å². The molecule has 2 fully saturated rings. The number of carbonyl (C=O) groups excluding carboxylic acids is 2. The number of benzene rings is 1.